The summed E-state index contributed by atoms with van der Waals surface area (Å²) in [5, 5.41) is 12.2. The Labute approximate surface area is 140 Å². The smallest absolute Gasteiger partial charge is 0.234 e. The van der Waals surface area contributed by atoms with Gasteiger partial charge in [-0.3, -0.25) is 4.79 Å². The summed E-state index contributed by atoms with van der Waals surface area (Å²) >= 11 is 1.46. The summed E-state index contributed by atoms with van der Waals surface area (Å²) in [7, 11) is 0. The third-order valence-electron chi connectivity index (χ3n) is 4.08. The van der Waals surface area contributed by atoms with E-state index in [0.29, 0.717) is 11.8 Å². The number of rotatable bonds is 6. The Bertz CT molecular complexity index is 721. The molecule has 23 heavy (non-hydrogen) atoms. The van der Waals surface area contributed by atoms with Crippen molar-refractivity contribution in [3.8, 4) is 0 Å². The Morgan fingerprint density at radius 2 is 2.13 bits per heavy atom. The van der Waals surface area contributed by atoms with Gasteiger partial charge in [0.1, 0.15) is 5.82 Å². The van der Waals surface area contributed by atoms with Gasteiger partial charge in [-0.15, -0.1) is 10.2 Å². The van der Waals surface area contributed by atoms with E-state index in [9.17, 15) is 4.79 Å². The number of carbonyl (C=O) groups is 1. The van der Waals surface area contributed by atoms with Crippen LogP contribution in [0.1, 0.15) is 42.8 Å². The van der Waals surface area contributed by atoms with Crippen LogP contribution in [0, 0.1) is 13.8 Å². The lowest BCUT2D eigenvalue weighted by atomic mass is 10.1. The number of hydrogen-bond donors (Lipinski definition) is 1. The second-order valence-corrected chi connectivity index (χ2v) is 6.87. The van der Waals surface area contributed by atoms with E-state index < -0.39 is 0 Å². The lowest BCUT2D eigenvalue weighted by Gasteiger charge is -2.13. The SMILES string of the molecule is CCc1cccc(C)c1NC(=O)CSc1nnc(C)n1C1CC1. The maximum Gasteiger partial charge on any atom is 0.234 e. The molecule has 0 spiro atoms. The Hall–Kier alpha value is -1.82. The topological polar surface area (TPSA) is 59.8 Å². The number of thioether (sulfide) groups is 1. The average Bonchev–Trinajstić information content (AvgIpc) is 3.30. The molecule has 1 aromatic carbocycles. The van der Waals surface area contributed by atoms with Crippen LogP contribution in [0.3, 0.4) is 0 Å². The predicted molar refractivity (Wildman–Crippen MR) is 92.9 cm³/mol. The number of anilines is 1. The molecule has 1 aromatic heterocycles. The van der Waals surface area contributed by atoms with Crippen molar-refractivity contribution >= 4 is 23.4 Å². The maximum absolute atomic E-state index is 12.3. The maximum atomic E-state index is 12.3. The lowest BCUT2D eigenvalue weighted by molar-refractivity contribution is -0.113. The summed E-state index contributed by atoms with van der Waals surface area (Å²) in [6.07, 6.45) is 3.27. The van der Waals surface area contributed by atoms with Gasteiger partial charge in [0.05, 0.1) is 5.75 Å². The molecule has 3 rings (SSSR count). The number of para-hydroxylation sites is 1. The summed E-state index contributed by atoms with van der Waals surface area (Å²) in [6, 6.07) is 6.63. The van der Waals surface area contributed by atoms with E-state index in [1.165, 1.54) is 30.2 Å². The van der Waals surface area contributed by atoms with Gasteiger partial charge in [0.15, 0.2) is 5.16 Å². The summed E-state index contributed by atoms with van der Waals surface area (Å²) in [5.41, 5.74) is 3.21. The first-order valence-electron chi connectivity index (χ1n) is 8.02. The van der Waals surface area contributed by atoms with Crippen molar-refractivity contribution < 1.29 is 4.79 Å². The van der Waals surface area contributed by atoms with Gasteiger partial charge >= 0.3 is 0 Å². The molecule has 1 aliphatic carbocycles. The number of aryl methyl sites for hydroxylation is 3. The minimum Gasteiger partial charge on any atom is -0.325 e. The highest BCUT2D eigenvalue weighted by atomic mass is 32.2. The number of nitrogens with one attached hydrogen (secondary N) is 1. The molecule has 1 amide bonds. The molecule has 0 bridgehead atoms. The Morgan fingerprint density at radius 3 is 2.83 bits per heavy atom. The highest BCUT2D eigenvalue weighted by molar-refractivity contribution is 7.99. The van der Waals surface area contributed by atoms with Crippen LogP contribution in [0.4, 0.5) is 5.69 Å². The van der Waals surface area contributed by atoms with Crippen LogP contribution < -0.4 is 5.32 Å². The van der Waals surface area contributed by atoms with Gasteiger partial charge < -0.3 is 9.88 Å². The fourth-order valence-corrected chi connectivity index (χ4v) is 3.56. The minimum atomic E-state index is 0.00185. The quantitative estimate of drug-likeness (QED) is 0.823. The third kappa shape index (κ3) is 3.58. The largest absolute Gasteiger partial charge is 0.325 e. The fourth-order valence-electron chi connectivity index (χ4n) is 2.71. The fraction of sp³-hybridized carbons (Fsp3) is 0.471. The van der Waals surface area contributed by atoms with Crippen LogP contribution in [0.5, 0.6) is 0 Å². The second kappa shape index (κ2) is 6.74. The Balaban J connectivity index is 1.65. The van der Waals surface area contributed by atoms with Crippen molar-refractivity contribution in [2.45, 2.75) is 51.2 Å². The molecule has 1 N–H and O–H groups in total. The standard InChI is InChI=1S/C17H22N4OS/c1-4-13-7-5-6-11(2)16(13)18-15(22)10-23-17-20-19-12(3)21(17)14-8-9-14/h5-7,14H,4,8-10H2,1-3H3,(H,18,22). The summed E-state index contributed by atoms with van der Waals surface area (Å²) < 4.78 is 2.16. The van der Waals surface area contributed by atoms with Crippen molar-refractivity contribution in [1.29, 1.82) is 0 Å². The van der Waals surface area contributed by atoms with E-state index in [4.69, 9.17) is 0 Å². The molecule has 0 saturated heterocycles. The number of nitrogens with zero attached hydrogens (tertiary/aromatic N) is 3. The molecule has 5 nitrogen and oxygen atoms in total. The molecule has 0 atom stereocenters. The molecule has 6 heteroatoms. The number of aromatic nitrogens is 3. The van der Waals surface area contributed by atoms with E-state index in [0.717, 1.165) is 28.7 Å². The van der Waals surface area contributed by atoms with Crippen molar-refractivity contribution in [2.24, 2.45) is 0 Å². The Kier molecular flexibility index (Phi) is 4.71. The van der Waals surface area contributed by atoms with Gasteiger partial charge in [-0.2, -0.15) is 0 Å². The van der Waals surface area contributed by atoms with Gasteiger partial charge in [0.25, 0.3) is 0 Å². The van der Waals surface area contributed by atoms with Crippen LogP contribution in [-0.2, 0) is 11.2 Å². The number of carbonyl (C=O) groups excluding carboxylic acids is 1. The minimum absolute atomic E-state index is 0.00185. The number of hydrogen-bond acceptors (Lipinski definition) is 4. The molecule has 1 aliphatic rings. The van der Waals surface area contributed by atoms with Crippen LogP contribution in [0.2, 0.25) is 0 Å². The van der Waals surface area contributed by atoms with E-state index in [-0.39, 0.29) is 5.91 Å². The monoisotopic (exact) mass is 330 g/mol. The van der Waals surface area contributed by atoms with E-state index in [1.807, 2.05) is 26.0 Å². The first kappa shape index (κ1) is 16.1. The van der Waals surface area contributed by atoms with Crippen LogP contribution in [-0.4, -0.2) is 26.4 Å². The second-order valence-electron chi connectivity index (χ2n) is 5.93. The van der Waals surface area contributed by atoms with Crippen molar-refractivity contribution in [3.05, 3.63) is 35.2 Å². The van der Waals surface area contributed by atoms with Crippen molar-refractivity contribution in [2.75, 3.05) is 11.1 Å². The number of benzene rings is 1. The number of amides is 1. The van der Waals surface area contributed by atoms with Crippen LogP contribution in [0.25, 0.3) is 0 Å². The molecule has 0 radical (unpaired) electrons. The van der Waals surface area contributed by atoms with E-state index in [1.54, 1.807) is 0 Å². The molecule has 2 aromatic rings. The zero-order valence-electron chi connectivity index (χ0n) is 13.8. The third-order valence-corrected chi connectivity index (χ3v) is 5.03. The van der Waals surface area contributed by atoms with Gasteiger partial charge in [0, 0.05) is 11.7 Å². The van der Waals surface area contributed by atoms with Crippen LogP contribution in [0.15, 0.2) is 23.4 Å². The zero-order valence-corrected chi connectivity index (χ0v) is 14.6. The molecular weight excluding hydrogens is 308 g/mol. The van der Waals surface area contributed by atoms with Gasteiger partial charge in [0.2, 0.25) is 5.91 Å². The van der Waals surface area contributed by atoms with Crippen LogP contribution >= 0.6 is 11.8 Å². The van der Waals surface area contributed by atoms with Gasteiger partial charge in [-0.1, -0.05) is 36.9 Å². The predicted octanol–water partition coefficient (Wildman–Crippen LogP) is 3.52. The summed E-state index contributed by atoms with van der Waals surface area (Å²) in [6.45, 7) is 6.09. The van der Waals surface area contributed by atoms with Gasteiger partial charge in [-0.05, 0) is 44.2 Å². The molecule has 1 saturated carbocycles. The molecular formula is C17H22N4OS. The van der Waals surface area contributed by atoms with Crippen molar-refractivity contribution in [1.82, 2.24) is 14.8 Å². The molecule has 0 aliphatic heterocycles. The molecule has 0 unspecified atom stereocenters. The normalized spacial score (nSPS) is 14.0. The van der Waals surface area contributed by atoms with Gasteiger partial charge in [-0.25, -0.2) is 0 Å². The lowest BCUT2D eigenvalue weighted by Crippen LogP contribution is -2.16. The summed E-state index contributed by atoms with van der Waals surface area (Å²) in [5.74, 6) is 1.28. The first-order chi connectivity index (χ1) is 11.1. The first-order valence-corrected chi connectivity index (χ1v) is 9.01. The molecule has 1 heterocycles. The van der Waals surface area contributed by atoms with E-state index >= 15 is 0 Å². The Morgan fingerprint density at radius 1 is 1.35 bits per heavy atom. The summed E-state index contributed by atoms with van der Waals surface area (Å²) in [4.78, 5) is 12.3. The molecule has 122 valence electrons. The van der Waals surface area contributed by atoms with E-state index in [2.05, 4.69) is 33.1 Å². The molecule has 1 fully saturated rings. The zero-order chi connectivity index (χ0) is 16.4. The highest BCUT2D eigenvalue weighted by Gasteiger charge is 2.28. The highest BCUT2D eigenvalue weighted by Crippen LogP contribution is 2.38. The van der Waals surface area contributed by atoms with Crippen molar-refractivity contribution in [3.63, 3.8) is 0 Å². The average molecular weight is 330 g/mol.